The number of piperazine rings is 1. The van der Waals surface area contributed by atoms with Gasteiger partial charge in [-0.25, -0.2) is 4.79 Å². The Morgan fingerprint density at radius 2 is 1.50 bits per heavy atom. The molecule has 7 rings (SSSR count). The normalized spacial score (nSPS) is 25.9. The minimum Gasteiger partial charge on any atom is -0.507 e. The first-order chi connectivity index (χ1) is 22.1. The summed E-state index contributed by atoms with van der Waals surface area (Å²) in [5, 5.41) is 20.5. The summed E-state index contributed by atoms with van der Waals surface area (Å²) in [4.78, 5) is 26.1. The van der Waals surface area contributed by atoms with Gasteiger partial charge in [0.05, 0.1) is 5.69 Å². The molecule has 1 atom stereocenters. The van der Waals surface area contributed by atoms with Crippen LogP contribution in [0.2, 0.25) is 0 Å². The summed E-state index contributed by atoms with van der Waals surface area (Å²) in [6.07, 6.45) is 7.95. The predicted octanol–water partition coefficient (Wildman–Crippen LogP) is 5.58. The number of carbonyl (C=O) groups excluding carboxylic acids is 1. The minimum absolute atomic E-state index is 0.167. The molecule has 1 amide bonds. The van der Waals surface area contributed by atoms with Crippen molar-refractivity contribution < 1.29 is 14.6 Å². The Morgan fingerprint density at radius 1 is 0.870 bits per heavy atom. The van der Waals surface area contributed by atoms with Gasteiger partial charge in [-0.2, -0.15) is 0 Å². The van der Waals surface area contributed by atoms with E-state index in [-0.39, 0.29) is 11.8 Å². The molecule has 10 heteroatoms. The summed E-state index contributed by atoms with van der Waals surface area (Å²) in [6.45, 7) is 15.4. The van der Waals surface area contributed by atoms with Gasteiger partial charge in [-0.3, -0.25) is 14.7 Å². The number of para-hydroxylation sites is 1. The molecule has 1 aliphatic carbocycles. The Balaban J connectivity index is 0.917. The standard InChI is InChI=1S/C36H51N7O3/c1-24-33-29-23-31(28-7-5-6-8-32(28)44)38-39-34(29)37-30(33)15-18-43(24)27-11-9-25(10-12-27)40-19-21-41(22-20-40)26-13-16-42(17-14-26)35(45)46-36(2,3)4/h5-8,23-27,44H,9-22H2,1-4H3,(H,37,39)/t24-,25-,27+/m1/s1. The number of ether oxygens (including phenoxy) is 1. The maximum atomic E-state index is 12.5. The minimum atomic E-state index is -0.439. The van der Waals surface area contributed by atoms with E-state index in [0.717, 1.165) is 81.7 Å². The average molecular weight is 630 g/mol. The van der Waals surface area contributed by atoms with Crippen molar-refractivity contribution >= 4 is 17.1 Å². The number of likely N-dealkylation sites (tertiary alicyclic amines) is 1. The summed E-state index contributed by atoms with van der Waals surface area (Å²) in [7, 11) is 0. The quantitative estimate of drug-likeness (QED) is 0.386. The second-order valence-corrected chi connectivity index (χ2v) is 14.9. The maximum Gasteiger partial charge on any atom is 0.410 e. The number of amides is 1. The van der Waals surface area contributed by atoms with E-state index < -0.39 is 5.60 Å². The zero-order valence-electron chi connectivity index (χ0n) is 28.0. The molecule has 0 spiro atoms. The molecule has 0 radical (unpaired) electrons. The highest BCUT2D eigenvalue weighted by Gasteiger charge is 2.37. The van der Waals surface area contributed by atoms with Crippen LogP contribution in [0.3, 0.4) is 0 Å². The zero-order valence-corrected chi connectivity index (χ0v) is 28.0. The maximum absolute atomic E-state index is 12.5. The number of aromatic nitrogens is 3. The molecule has 1 saturated carbocycles. The number of hydrogen-bond donors (Lipinski definition) is 2. The molecule has 3 aliphatic heterocycles. The lowest BCUT2D eigenvalue weighted by atomic mass is 9.86. The number of hydrogen-bond acceptors (Lipinski definition) is 8. The van der Waals surface area contributed by atoms with Crippen LogP contribution in [0.5, 0.6) is 5.75 Å². The fraction of sp³-hybridized carbons (Fsp3) is 0.639. The van der Waals surface area contributed by atoms with Crippen LogP contribution in [-0.2, 0) is 11.2 Å². The number of fused-ring (bicyclic) bond motifs is 3. The van der Waals surface area contributed by atoms with Crippen molar-refractivity contribution in [3.8, 4) is 17.0 Å². The van der Waals surface area contributed by atoms with Gasteiger partial charge in [0.25, 0.3) is 0 Å². The van der Waals surface area contributed by atoms with Crippen LogP contribution >= 0.6 is 0 Å². The number of rotatable bonds is 4. The highest BCUT2D eigenvalue weighted by atomic mass is 16.6. The van der Waals surface area contributed by atoms with Gasteiger partial charge in [0.15, 0.2) is 5.65 Å². The van der Waals surface area contributed by atoms with E-state index in [1.807, 2.05) is 43.9 Å². The van der Waals surface area contributed by atoms with Gasteiger partial charge >= 0.3 is 6.09 Å². The molecule has 10 nitrogen and oxygen atoms in total. The predicted molar refractivity (Wildman–Crippen MR) is 180 cm³/mol. The molecular weight excluding hydrogens is 578 g/mol. The molecule has 3 fully saturated rings. The number of H-pyrrole nitrogens is 1. The fourth-order valence-electron chi connectivity index (χ4n) is 8.62. The Labute approximate surface area is 273 Å². The van der Waals surface area contributed by atoms with Gasteiger partial charge in [-0.15, -0.1) is 10.2 Å². The number of aromatic hydroxyl groups is 1. The largest absolute Gasteiger partial charge is 0.507 e. The van der Waals surface area contributed by atoms with E-state index in [9.17, 15) is 9.90 Å². The molecule has 5 heterocycles. The van der Waals surface area contributed by atoms with Crippen LogP contribution in [0.25, 0.3) is 22.3 Å². The second kappa shape index (κ2) is 12.8. The average Bonchev–Trinajstić information content (AvgIpc) is 3.43. The van der Waals surface area contributed by atoms with E-state index in [1.54, 1.807) is 6.07 Å². The zero-order chi connectivity index (χ0) is 32.0. The van der Waals surface area contributed by atoms with Gasteiger partial charge in [-0.05, 0) is 90.0 Å². The Hall–Kier alpha value is -3.21. The summed E-state index contributed by atoms with van der Waals surface area (Å²) in [6, 6.07) is 11.6. The van der Waals surface area contributed by atoms with Gasteiger partial charge in [0.1, 0.15) is 11.4 Å². The Kier molecular flexibility index (Phi) is 8.71. The molecule has 0 bridgehead atoms. The second-order valence-electron chi connectivity index (χ2n) is 14.9. The van der Waals surface area contributed by atoms with Crippen molar-refractivity contribution in [3.05, 3.63) is 41.6 Å². The summed E-state index contributed by atoms with van der Waals surface area (Å²) in [5.74, 6) is 0.231. The topological polar surface area (TPSA) is 101 Å². The lowest BCUT2D eigenvalue weighted by molar-refractivity contribution is 0.00314. The number of benzene rings is 1. The SMILES string of the molecule is C[C@@H]1c2c([nH]c3nnc(-c4ccccc4O)cc23)CCN1[C@H]1CC[C@@H](N2CCN(C3CCN(C(=O)OC(C)(C)C)CC3)CC2)CC1. The lowest BCUT2D eigenvalue weighted by Crippen LogP contribution is -2.56. The van der Waals surface area contributed by atoms with Crippen LogP contribution < -0.4 is 0 Å². The molecule has 46 heavy (non-hydrogen) atoms. The van der Waals surface area contributed by atoms with Crippen LogP contribution in [-0.4, -0.2) is 116 Å². The van der Waals surface area contributed by atoms with E-state index in [2.05, 4.69) is 42.9 Å². The van der Waals surface area contributed by atoms with Gasteiger partial charge < -0.3 is 19.7 Å². The van der Waals surface area contributed by atoms with Crippen molar-refractivity contribution in [1.29, 1.82) is 0 Å². The fourth-order valence-corrected chi connectivity index (χ4v) is 8.62. The van der Waals surface area contributed by atoms with Gasteiger partial charge in [0, 0.05) is 93.0 Å². The van der Waals surface area contributed by atoms with Crippen molar-refractivity contribution in [2.75, 3.05) is 45.8 Å². The monoisotopic (exact) mass is 629 g/mol. The molecule has 2 aromatic heterocycles. The molecule has 248 valence electrons. The molecule has 2 N–H and O–H groups in total. The first-order valence-electron chi connectivity index (χ1n) is 17.5. The van der Waals surface area contributed by atoms with Crippen LogP contribution in [0.1, 0.15) is 83.5 Å². The van der Waals surface area contributed by atoms with Crippen molar-refractivity contribution in [2.24, 2.45) is 0 Å². The first-order valence-corrected chi connectivity index (χ1v) is 17.5. The van der Waals surface area contributed by atoms with E-state index in [4.69, 9.17) is 4.74 Å². The number of aromatic amines is 1. The van der Waals surface area contributed by atoms with E-state index >= 15 is 0 Å². The Morgan fingerprint density at radius 3 is 2.15 bits per heavy atom. The van der Waals surface area contributed by atoms with Gasteiger partial charge in [-0.1, -0.05) is 12.1 Å². The summed E-state index contributed by atoms with van der Waals surface area (Å²) >= 11 is 0. The van der Waals surface area contributed by atoms with E-state index in [1.165, 1.54) is 36.9 Å². The molecule has 0 unspecified atom stereocenters. The number of phenolic OH excluding ortho intramolecular Hbond substituents is 1. The summed E-state index contributed by atoms with van der Waals surface area (Å²) < 4.78 is 5.59. The third-order valence-corrected chi connectivity index (χ3v) is 11.0. The third-order valence-electron chi connectivity index (χ3n) is 11.0. The van der Waals surface area contributed by atoms with Gasteiger partial charge in [0.2, 0.25) is 0 Å². The number of nitrogens with one attached hydrogen (secondary N) is 1. The molecule has 1 aromatic carbocycles. The summed E-state index contributed by atoms with van der Waals surface area (Å²) in [5.41, 5.74) is 4.46. The highest BCUT2D eigenvalue weighted by Crippen LogP contribution is 2.40. The Bertz CT molecular complexity index is 1530. The van der Waals surface area contributed by atoms with Crippen molar-refractivity contribution in [3.63, 3.8) is 0 Å². The first kappa shape index (κ1) is 31.4. The number of carbonyl (C=O) groups is 1. The molecule has 4 aliphatic rings. The molecule has 2 saturated heterocycles. The van der Waals surface area contributed by atoms with E-state index in [0.29, 0.717) is 29.9 Å². The third kappa shape index (κ3) is 6.36. The number of phenols is 1. The van der Waals surface area contributed by atoms with Crippen LogP contribution in [0.15, 0.2) is 30.3 Å². The lowest BCUT2D eigenvalue weighted by Gasteiger charge is -2.47. The van der Waals surface area contributed by atoms with Crippen LogP contribution in [0, 0.1) is 0 Å². The van der Waals surface area contributed by atoms with Crippen LogP contribution in [0.4, 0.5) is 4.79 Å². The molecular formula is C36H51N7O3. The number of piperidine rings is 1. The van der Waals surface area contributed by atoms with Crippen molar-refractivity contribution in [1.82, 2.24) is 34.8 Å². The molecule has 3 aromatic rings. The smallest absolute Gasteiger partial charge is 0.410 e. The van der Waals surface area contributed by atoms with Crippen molar-refractivity contribution in [2.45, 2.75) is 102 Å². The number of nitrogens with zero attached hydrogens (tertiary/aromatic N) is 6. The highest BCUT2D eigenvalue weighted by molar-refractivity contribution is 5.86.